The maximum atomic E-state index is 14.8. The minimum absolute atomic E-state index is 0.00527. The molecule has 1 aromatic carbocycles. The van der Waals surface area contributed by atoms with Crippen molar-refractivity contribution in [1.29, 1.82) is 0 Å². The molecule has 12 heteroatoms. The summed E-state index contributed by atoms with van der Waals surface area (Å²) in [5.41, 5.74) is 0.854. The predicted octanol–water partition coefficient (Wildman–Crippen LogP) is 3.34. The Balaban J connectivity index is 1.68. The first-order valence-electron chi connectivity index (χ1n) is 13.0. The second-order valence-corrected chi connectivity index (χ2v) is 12.2. The van der Waals surface area contributed by atoms with Crippen molar-refractivity contribution in [3.8, 4) is 11.3 Å². The lowest BCUT2D eigenvalue weighted by molar-refractivity contribution is -0.141. The molecule has 3 heterocycles. The molecule has 9 nitrogen and oxygen atoms in total. The summed E-state index contributed by atoms with van der Waals surface area (Å²) in [5, 5.41) is 3.37. The number of piperidine rings is 1. The average molecular weight is 590 g/mol. The van der Waals surface area contributed by atoms with E-state index in [1.165, 1.54) is 48.9 Å². The fraction of sp³-hybridized carbons (Fsp3) is 0.393. The van der Waals surface area contributed by atoms with Crippen LogP contribution in [0.4, 0.5) is 4.39 Å². The van der Waals surface area contributed by atoms with E-state index < -0.39 is 21.9 Å². The molecule has 4 rings (SSSR count). The van der Waals surface area contributed by atoms with Crippen LogP contribution in [0, 0.1) is 11.7 Å². The number of hydrogen-bond acceptors (Lipinski definition) is 6. The van der Waals surface area contributed by atoms with Crippen molar-refractivity contribution >= 4 is 33.4 Å². The summed E-state index contributed by atoms with van der Waals surface area (Å²) in [7, 11) is -2.34. The summed E-state index contributed by atoms with van der Waals surface area (Å²) in [4.78, 5) is 32.9. The number of benzene rings is 1. The van der Waals surface area contributed by atoms with Crippen LogP contribution in [0.25, 0.3) is 11.3 Å². The number of carbonyl (C=O) groups is 2. The zero-order valence-electron chi connectivity index (χ0n) is 22.6. The monoisotopic (exact) mass is 589 g/mol. The summed E-state index contributed by atoms with van der Waals surface area (Å²) >= 11 is 5.80. The van der Waals surface area contributed by atoms with Gasteiger partial charge in [-0.3, -0.25) is 14.6 Å². The molecule has 1 aliphatic rings. The number of nitrogens with one attached hydrogen (secondary N) is 1. The van der Waals surface area contributed by atoms with Gasteiger partial charge in [0.05, 0.1) is 11.6 Å². The molecule has 0 radical (unpaired) electrons. The molecule has 0 aliphatic carbocycles. The molecule has 2 atom stereocenters. The first-order chi connectivity index (χ1) is 19.0. The molecule has 3 aromatic rings. The molecule has 1 saturated heterocycles. The molecule has 2 amide bonds. The van der Waals surface area contributed by atoms with Crippen molar-refractivity contribution in [2.75, 3.05) is 26.0 Å². The van der Waals surface area contributed by atoms with Crippen LogP contribution in [0.3, 0.4) is 0 Å². The largest absolute Gasteiger partial charge is 0.343 e. The van der Waals surface area contributed by atoms with Crippen molar-refractivity contribution in [3.05, 3.63) is 72.4 Å². The van der Waals surface area contributed by atoms with Gasteiger partial charge in [-0.1, -0.05) is 12.1 Å². The Hall–Kier alpha value is -3.28. The lowest BCUT2D eigenvalue weighted by Crippen LogP contribution is -2.57. The van der Waals surface area contributed by atoms with E-state index in [0.717, 1.165) is 3.97 Å². The molecule has 2 aromatic heterocycles. The summed E-state index contributed by atoms with van der Waals surface area (Å²) in [6.07, 6.45) is 4.62. The van der Waals surface area contributed by atoms with Gasteiger partial charge in [0, 0.05) is 62.9 Å². The molecule has 214 valence electrons. The third-order valence-corrected chi connectivity index (χ3v) is 9.16. The Labute approximate surface area is 239 Å². The molecule has 0 bridgehead atoms. The maximum Gasteiger partial charge on any atom is 0.269 e. The molecule has 1 fully saturated rings. The van der Waals surface area contributed by atoms with E-state index in [1.54, 1.807) is 29.0 Å². The number of likely N-dealkylation sites (tertiary alicyclic amines) is 1. The van der Waals surface area contributed by atoms with Crippen molar-refractivity contribution in [2.45, 2.75) is 43.8 Å². The molecular weight excluding hydrogens is 557 g/mol. The Morgan fingerprint density at radius 1 is 1.23 bits per heavy atom. The quantitative estimate of drug-likeness (QED) is 0.384. The molecular formula is C28H33ClFN5O4S. The number of amides is 2. The standard InChI is InChI=1S/C28H33ClFN5O4S/c1-19(2)33(3)28(37)23-10-12-34(27(36)14-29)18-25(23)32-15-20-13-26(22-8-4-5-9-24(22)30)35(17-20)40(38,39)21-7-6-11-31-16-21/h4-9,11,13,16-17,19,23,25,32H,10,12,14-15,18H2,1-3H3. The number of aromatic nitrogens is 2. The van der Waals surface area contributed by atoms with Gasteiger partial charge in [-0.25, -0.2) is 16.8 Å². The smallest absolute Gasteiger partial charge is 0.269 e. The van der Waals surface area contributed by atoms with E-state index in [2.05, 4.69) is 10.3 Å². The summed E-state index contributed by atoms with van der Waals surface area (Å²) < 4.78 is 43.0. The van der Waals surface area contributed by atoms with Crippen molar-refractivity contribution < 1.29 is 22.4 Å². The summed E-state index contributed by atoms with van der Waals surface area (Å²) in [6.45, 7) is 4.75. The summed E-state index contributed by atoms with van der Waals surface area (Å²) in [6, 6.07) is 10.1. The van der Waals surface area contributed by atoms with Gasteiger partial charge in [-0.15, -0.1) is 11.6 Å². The van der Waals surface area contributed by atoms with Gasteiger partial charge in [0.1, 0.15) is 16.6 Å². The highest BCUT2D eigenvalue weighted by Crippen LogP contribution is 2.29. The number of pyridine rings is 1. The zero-order valence-corrected chi connectivity index (χ0v) is 24.2. The maximum absolute atomic E-state index is 14.8. The number of carbonyl (C=O) groups excluding carboxylic acids is 2. The molecule has 1 N–H and O–H groups in total. The fourth-order valence-electron chi connectivity index (χ4n) is 4.80. The molecule has 2 unspecified atom stereocenters. The zero-order chi connectivity index (χ0) is 29.0. The predicted molar refractivity (Wildman–Crippen MR) is 151 cm³/mol. The van der Waals surface area contributed by atoms with Crippen LogP contribution >= 0.6 is 11.6 Å². The SMILES string of the molecule is CC(C)N(C)C(=O)C1CCN(C(=O)CCl)CC1NCc1cc(-c2ccccc2F)n(S(=O)(=O)c2cccnc2)c1. The Morgan fingerprint density at radius 2 is 1.98 bits per heavy atom. The minimum Gasteiger partial charge on any atom is -0.343 e. The van der Waals surface area contributed by atoms with Crippen LogP contribution in [0.15, 0.2) is 66.0 Å². The third-order valence-electron chi connectivity index (χ3n) is 7.27. The second kappa shape index (κ2) is 12.5. The second-order valence-electron chi connectivity index (χ2n) is 10.1. The van der Waals surface area contributed by atoms with E-state index in [9.17, 15) is 22.4 Å². The molecule has 0 saturated carbocycles. The molecule has 40 heavy (non-hydrogen) atoms. The van der Waals surface area contributed by atoms with Crippen LogP contribution in [0.1, 0.15) is 25.8 Å². The van der Waals surface area contributed by atoms with E-state index in [1.807, 2.05) is 13.8 Å². The fourth-order valence-corrected chi connectivity index (χ4v) is 6.33. The van der Waals surface area contributed by atoms with Gasteiger partial charge in [0.2, 0.25) is 11.8 Å². The van der Waals surface area contributed by atoms with Gasteiger partial charge < -0.3 is 15.1 Å². The van der Waals surface area contributed by atoms with Crippen LogP contribution in [0.2, 0.25) is 0 Å². The van der Waals surface area contributed by atoms with Crippen LogP contribution in [-0.4, -0.2) is 77.1 Å². The number of rotatable bonds is 9. The Kier molecular flexibility index (Phi) is 9.27. The normalized spacial score (nSPS) is 17.7. The highest BCUT2D eigenvalue weighted by molar-refractivity contribution is 7.90. The molecule has 1 aliphatic heterocycles. The van der Waals surface area contributed by atoms with Gasteiger partial charge in [-0.05, 0) is 56.2 Å². The number of alkyl halides is 1. The third kappa shape index (κ3) is 6.21. The van der Waals surface area contributed by atoms with E-state index in [0.29, 0.717) is 18.5 Å². The van der Waals surface area contributed by atoms with Crippen molar-refractivity contribution in [2.24, 2.45) is 5.92 Å². The van der Waals surface area contributed by atoms with Crippen LogP contribution in [-0.2, 0) is 26.2 Å². The highest BCUT2D eigenvalue weighted by atomic mass is 35.5. The van der Waals surface area contributed by atoms with E-state index in [4.69, 9.17) is 11.6 Å². The number of nitrogens with zero attached hydrogens (tertiary/aromatic N) is 4. The van der Waals surface area contributed by atoms with E-state index >= 15 is 0 Å². The Bertz CT molecular complexity index is 1460. The van der Waals surface area contributed by atoms with Gasteiger partial charge in [0.25, 0.3) is 10.0 Å². The highest BCUT2D eigenvalue weighted by Gasteiger charge is 2.37. The van der Waals surface area contributed by atoms with E-state index in [-0.39, 0.29) is 58.9 Å². The van der Waals surface area contributed by atoms with Gasteiger partial charge >= 0.3 is 0 Å². The molecule has 0 spiro atoms. The van der Waals surface area contributed by atoms with Gasteiger partial charge in [0.15, 0.2) is 0 Å². The lowest BCUT2D eigenvalue weighted by Gasteiger charge is -2.40. The van der Waals surface area contributed by atoms with Gasteiger partial charge in [-0.2, -0.15) is 0 Å². The topological polar surface area (TPSA) is 105 Å². The summed E-state index contributed by atoms with van der Waals surface area (Å²) in [5.74, 6) is -1.36. The van der Waals surface area contributed by atoms with Crippen LogP contribution in [0.5, 0.6) is 0 Å². The first kappa shape index (κ1) is 29.7. The van der Waals surface area contributed by atoms with Crippen molar-refractivity contribution in [1.82, 2.24) is 24.1 Å². The lowest BCUT2D eigenvalue weighted by atomic mass is 9.89. The minimum atomic E-state index is -4.09. The van der Waals surface area contributed by atoms with Crippen LogP contribution < -0.4 is 5.32 Å². The first-order valence-corrected chi connectivity index (χ1v) is 15.0. The number of halogens is 2. The van der Waals surface area contributed by atoms with Crippen molar-refractivity contribution in [3.63, 3.8) is 0 Å². The number of hydrogen-bond donors (Lipinski definition) is 1. The Morgan fingerprint density at radius 3 is 2.62 bits per heavy atom. The average Bonchev–Trinajstić information content (AvgIpc) is 3.40.